The molecule has 1 aromatic carbocycles. The first-order chi connectivity index (χ1) is 15.9. The van der Waals surface area contributed by atoms with E-state index in [1.165, 1.54) is 4.57 Å². The summed E-state index contributed by atoms with van der Waals surface area (Å²) in [4.78, 5) is 37.8. The van der Waals surface area contributed by atoms with Gasteiger partial charge in [-0.1, -0.05) is 6.92 Å². The van der Waals surface area contributed by atoms with Crippen molar-refractivity contribution in [1.29, 1.82) is 0 Å². The van der Waals surface area contributed by atoms with E-state index in [2.05, 4.69) is 5.32 Å². The molecule has 0 spiro atoms. The van der Waals surface area contributed by atoms with E-state index < -0.39 is 40.3 Å². The van der Waals surface area contributed by atoms with Crippen LogP contribution in [0, 0.1) is 17.6 Å². The number of aryl methyl sites for hydroxylation is 1. The van der Waals surface area contributed by atoms with Gasteiger partial charge in [0.25, 0.3) is 0 Å². The molecule has 34 heavy (non-hydrogen) atoms. The molecule has 2 atom stereocenters. The Morgan fingerprint density at radius 2 is 1.97 bits per heavy atom. The molecule has 1 saturated heterocycles. The summed E-state index contributed by atoms with van der Waals surface area (Å²) in [5.41, 5.74) is -2.50. The molecule has 3 rings (SSSR count). The summed E-state index contributed by atoms with van der Waals surface area (Å²) in [6.45, 7) is 9.76. The molecule has 1 aliphatic rings. The van der Waals surface area contributed by atoms with Gasteiger partial charge in [-0.25, -0.2) is 18.4 Å². The lowest BCUT2D eigenvalue weighted by Gasteiger charge is -2.27. The van der Waals surface area contributed by atoms with Crippen molar-refractivity contribution in [2.45, 2.75) is 65.6 Å². The van der Waals surface area contributed by atoms with Crippen molar-refractivity contribution in [3.63, 3.8) is 0 Å². The van der Waals surface area contributed by atoms with Crippen LogP contribution in [0.3, 0.4) is 0 Å². The summed E-state index contributed by atoms with van der Waals surface area (Å²) < 4.78 is 37.4. The normalized spacial score (nSPS) is 17.1. The molecule has 1 amide bonds. The van der Waals surface area contributed by atoms with Crippen LogP contribution in [0.1, 0.15) is 57.8 Å². The zero-order valence-corrected chi connectivity index (χ0v) is 20.1. The maximum atomic E-state index is 15.7. The molecule has 1 aromatic heterocycles. The largest absolute Gasteiger partial charge is 0.477 e. The number of nitrogens with zero attached hydrogens (tertiary/aromatic N) is 2. The van der Waals surface area contributed by atoms with E-state index in [1.54, 1.807) is 32.6 Å². The standard InChI is InChI=1S/C24H31F2N3O5/c1-6-17(27-23(33)34-24(3,4)5)13-8-9-29(11-13)20-16(25)10-14-19(18(20)26)28(7-2)12-15(21(14)30)22(31)32/h10,12-13,17H,6-9,11H2,1-5H3,(H,27,33)(H,31,32)/t13?,17-/m1/s1. The summed E-state index contributed by atoms with van der Waals surface area (Å²) in [7, 11) is 0. The van der Waals surface area contributed by atoms with Crippen molar-refractivity contribution in [3.05, 3.63) is 39.7 Å². The quantitative estimate of drug-likeness (QED) is 0.646. The molecular formula is C24H31F2N3O5. The number of amides is 1. The summed E-state index contributed by atoms with van der Waals surface area (Å²) in [5, 5.41) is 11.8. The number of benzene rings is 1. The third-order valence-corrected chi connectivity index (χ3v) is 6.05. The van der Waals surface area contributed by atoms with E-state index in [9.17, 15) is 19.5 Å². The van der Waals surface area contributed by atoms with Crippen LogP contribution in [0.4, 0.5) is 19.3 Å². The lowest BCUT2D eigenvalue weighted by molar-refractivity contribution is 0.0486. The first-order valence-corrected chi connectivity index (χ1v) is 11.4. The van der Waals surface area contributed by atoms with E-state index >= 15 is 8.78 Å². The molecule has 186 valence electrons. The van der Waals surface area contributed by atoms with Crippen LogP contribution in [0.15, 0.2) is 17.1 Å². The van der Waals surface area contributed by atoms with Crippen LogP contribution in [-0.4, -0.2) is 46.5 Å². The number of pyridine rings is 1. The van der Waals surface area contributed by atoms with Crippen molar-refractivity contribution in [3.8, 4) is 0 Å². The predicted octanol–water partition coefficient (Wildman–Crippen LogP) is 4.13. The Morgan fingerprint density at radius 3 is 2.53 bits per heavy atom. The molecule has 8 nitrogen and oxygen atoms in total. The number of carboxylic acids is 1. The van der Waals surface area contributed by atoms with Crippen LogP contribution >= 0.6 is 0 Å². The molecule has 1 unspecified atom stereocenters. The highest BCUT2D eigenvalue weighted by molar-refractivity contribution is 5.93. The van der Waals surface area contributed by atoms with Crippen LogP contribution in [0.5, 0.6) is 0 Å². The number of aromatic carboxylic acids is 1. The number of carbonyl (C=O) groups is 2. The molecule has 0 aliphatic carbocycles. The molecule has 0 bridgehead atoms. The third kappa shape index (κ3) is 5.00. The maximum absolute atomic E-state index is 15.7. The van der Waals surface area contributed by atoms with E-state index in [1.807, 2.05) is 6.92 Å². The molecule has 0 radical (unpaired) electrons. The van der Waals surface area contributed by atoms with Gasteiger partial charge in [-0.15, -0.1) is 0 Å². The minimum Gasteiger partial charge on any atom is -0.477 e. The Balaban J connectivity index is 1.94. The minimum absolute atomic E-state index is 0.0604. The monoisotopic (exact) mass is 479 g/mol. The van der Waals surface area contributed by atoms with E-state index in [-0.39, 0.29) is 35.1 Å². The highest BCUT2D eigenvalue weighted by Crippen LogP contribution is 2.34. The zero-order chi connectivity index (χ0) is 25.4. The highest BCUT2D eigenvalue weighted by Gasteiger charge is 2.34. The van der Waals surface area contributed by atoms with Crippen LogP contribution in [0.25, 0.3) is 10.9 Å². The molecule has 1 fully saturated rings. The number of carbonyl (C=O) groups excluding carboxylic acids is 1. The lowest BCUT2D eigenvalue weighted by Crippen LogP contribution is -2.43. The Bertz CT molecular complexity index is 1170. The van der Waals surface area contributed by atoms with E-state index in [4.69, 9.17) is 4.74 Å². The van der Waals surface area contributed by atoms with Crippen molar-refractivity contribution in [1.82, 2.24) is 9.88 Å². The Kier molecular flexibility index (Phi) is 7.18. The number of fused-ring (bicyclic) bond motifs is 1. The van der Waals surface area contributed by atoms with Crippen molar-refractivity contribution < 1.29 is 28.2 Å². The first kappa shape index (κ1) is 25.5. The van der Waals surface area contributed by atoms with Crippen molar-refractivity contribution >= 4 is 28.7 Å². The second-order valence-corrected chi connectivity index (χ2v) is 9.54. The second-order valence-electron chi connectivity index (χ2n) is 9.54. The van der Waals surface area contributed by atoms with Gasteiger partial charge in [-0.2, -0.15) is 0 Å². The molecule has 0 saturated carbocycles. The summed E-state index contributed by atoms with van der Waals surface area (Å²) in [6, 6.07) is 0.677. The predicted molar refractivity (Wildman–Crippen MR) is 125 cm³/mol. The molecule has 2 heterocycles. The number of nitrogens with one attached hydrogen (secondary N) is 1. The fraction of sp³-hybridized carbons (Fsp3) is 0.542. The minimum atomic E-state index is -1.45. The number of ether oxygens (including phenoxy) is 1. The van der Waals surface area contributed by atoms with Crippen molar-refractivity contribution in [2.24, 2.45) is 5.92 Å². The van der Waals surface area contributed by atoms with Crippen LogP contribution < -0.4 is 15.6 Å². The number of rotatable bonds is 6. The van der Waals surface area contributed by atoms with Gasteiger partial charge in [0, 0.05) is 31.9 Å². The number of hydrogen-bond acceptors (Lipinski definition) is 5. The van der Waals surface area contributed by atoms with Crippen LogP contribution in [-0.2, 0) is 11.3 Å². The van der Waals surface area contributed by atoms with Gasteiger partial charge in [0.2, 0.25) is 5.43 Å². The molecule has 10 heteroatoms. The number of alkyl carbamates (subject to hydrolysis) is 1. The zero-order valence-electron chi connectivity index (χ0n) is 20.1. The lowest BCUT2D eigenvalue weighted by atomic mass is 9.97. The highest BCUT2D eigenvalue weighted by atomic mass is 19.1. The first-order valence-electron chi connectivity index (χ1n) is 11.4. The Hall–Kier alpha value is -3.17. The van der Waals surface area contributed by atoms with Gasteiger partial charge in [0.1, 0.15) is 22.7 Å². The Labute approximate surface area is 196 Å². The average Bonchev–Trinajstić information content (AvgIpc) is 3.20. The maximum Gasteiger partial charge on any atom is 0.407 e. The number of halogens is 2. The van der Waals surface area contributed by atoms with E-state index in [0.29, 0.717) is 25.9 Å². The fourth-order valence-electron chi connectivity index (χ4n) is 4.50. The summed E-state index contributed by atoms with van der Waals surface area (Å²) >= 11 is 0. The third-order valence-electron chi connectivity index (χ3n) is 6.05. The second kappa shape index (κ2) is 9.60. The van der Waals surface area contributed by atoms with Gasteiger partial charge >= 0.3 is 12.1 Å². The smallest absolute Gasteiger partial charge is 0.407 e. The van der Waals surface area contributed by atoms with Crippen molar-refractivity contribution in [2.75, 3.05) is 18.0 Å². The topological polar surface area (TPSA) is 101 Å². The number of aromatic nitrogens is 1. The summed E-state index contributed by atoms with van der Waals surface area (Å²) in [6.07, 6.45) is 1.77. The molecular weight excluding hydrogens is 448 g/mol. The summed E-state index contributed by atoms with van der Waals surface area (Å²) in [5.74, 6) is -3.35. The number of anilines is 1. The van der Waals surface area contributed by atoms with Gasteiger partial charge in [-0.05, 0) is 52.5 Å². The van der Waals surface area contributed by atoms with E-state index in [0.717, 1.165) is 12.3 Å². The van der Waals surface area contributed by atoms with Crippen LogP contribution in [0.2, 0.25) is 0 Å². The molecule has 1 aliphatic heterocycles. The number of hydrogen-bond donors (Lipinski definition) is 2. The fourth-order valence-corrected chi connectivity index (χ4v) is 4.50. The van der Waals surface area contributed by atoms with Gasteiger partial charge in [0.05, 0.1) is 10.9 Å². The van der Waals surface area contributed by atoms with Gasteiger partial charge in [-0.3, -0.25) is 4.79 Å². The average molecular weight is 480 g/mol. The number of carboxylic acid groups (broad SMARTS) is 1. The van der Waals surface area contributed by atoms with Gasteiger partial charge in [0.15, 0.2) is 5.82 Å². The SMILES string of the molecule is CC[C@@H](NC(=O)OC(C)(C)C)C1CCN(c2c(F)cc3c(=O)c(C(=O)O)cn(CC)c3c2F)C1. The Morgan fingerprint density at radius 1 is 1.29 bits per heavy atom. The molecule has 2 N–H and O–H groups in total. The van der Waals surface area contributed by atoms with Gasteiger partial charge < -0.3 is 24.6 Å². The molecule has 2 aromatic rings.